The predicted molar refractivity (Wildman–Crippen MR) is 108 cm³/mol. The summed E-state index contributed by atoms with van der Waals surface area (Å²) in [6.45, 7) is 3.73. The molecular formula is C21H18ClN3O4. The monoisotopic (exact) mass is 411 g/mol. The number of nitrogens with one attached hydrogen (secondary N) is 1. The number of ether oxygens (including phenoxy) is 1. The van der Waals surface area contributed by atoms with Gasteiger partial charge in [0.2, 0.25) is 0 Å². The largest absolute Gasteiger partial charge is 0.461 e. The zero-order valence-electron chi connectivity index (χ0n) is 15.8. The van der Waals surface area contributed by atoms with Gasteiger partial charge in [-0.3, -0.25) is 20.0 Å². The van der Waals surface area contributed by atoms with Gasteiger partial charge < -0.3 is 4.74 Å². The van der Waals surface area contributed by atoms with Crippen molar-refractivity contribution in [3.8, 4) is 0 Å². The average molecular weight is 412 g/mol. The van der Waals surface area contributed by atoms with Gasteiger partial charge in [0.15, 0.2) is 11.7 Å². The number of carbonyl (C=O) groups is 3. The maximum Gasteiger partial charge on any atom is 0.356 e. The Morgan fingerprint density at radius 1 is 1.14 bits per heavy atom. The van der Waals surface area contributed by atoms with Gasteiger partial charge in [-0.2, -0.15) is 0 Å². The van der Waals surface area contributed by atoms with Gasteiger partial charge in [0, 0.05) is 5.02 Å². The van der Waals surface area contributed by atoms with Gasteiger partial charge in [0.1, 0.15) is 0 Å². The predicted octanol–water partition coefficient (Wildman–Crippen LogP) is 2.73. The highest BCUT2D eigenvalue weighted by molar-refractivity contribution is 6.34. The van der Waals surface area contributed by atoms with E-state index in [4.69, 9.17) is 16.3 Å². The maximum absolute atomic E-state index is 13.3. The summed E-state index contributed by atoms with van der Waals surface area (Å²) in [6, 6.07) is 12.8. The maximum atomic E-state index is 13.3. The number of hydrogen-bond donors (Lipinski definition) is 1. The van der Waals surface area contributed by atoms with E-state index in [1.54, 1.807) is 43.3 Å². The van der Waals surface area contributed by atoms with E-state index in [-0.39, 0.29) is 17.9 Å². The quantitative estimate of drug-likeness (QED) is 0.615. The first kappa shape index (κ1) is 19.0. The van der Waals surface area contributed by atoms with E-state index in [0.717, 1.165) is 10.5 Å². The smallest absolute Gasteiger partial charge is 0.356 e. The van der Waals surface area contributed by atoms with E-state index < -0.39 is 23.8 Å². The fraction of sp³-hybridized carbons (Fsp3) is 0.190. The van der Waals surface area contributed by atoms with Gasteiger partial charge in [0.25, 0.3) is 11.8 Å². The second-order valence-corrected chi connectivity index (χ2v) is 7.12. The molecule has 1 N–H and O–H groups in total. The summed E-state index contributed by atoms with van der Waals surface area (Å²) in [6.07, 6.45) is 0. The number of hydrazine groups is 1. The topological polar surface area (TPSA) is 79.0 Å². The molecule has 2 aliphatic rings. The van der Waals surface area contributed by atoms with Crippen molar-refractivity contribution >= 4 is 40.8 Å². The minimum absolute atomic E-state index is 0.0372. The Hall–Kier alpha value is -3.32. The number of nitrogens with zero attached hydrogens (tertiary/aromatic N) is 2. The highest BCUT2D eigenvalue weighted by Gasteiger charge is 2.54. The molecule has 1 atom stereocenters. The molecule has 8 heteroatoms. The highest BCUT2D eigenvalue weighted by atomic mass is 35.5. The summed E-state index contributed by atoms with van der Waals surface area (Å²) in [5.74, 6) is -1.70. The number of esters is 1. The first-order chi connectivity index (χ1) is 13.9. The normalized spacial score (nSPS) is 18.2. The third-order valence-electron chi connectivity index (χ3n) is 4.78. The molecule has 29 heavy (non-hydrogen) atoms. The fourth-order valence-electron chi connectivity index (χ4n) is 3.45. The van der Waals surface area contributed by atoms with Crippen LogP contribution in [0.25, 0.3) is 0 Å². The standard InChI is InChI=1S/C21H18ClN3O4/c1-3-29-21(28)17-16-18(25(23-17)15-6-4-5-13(22)11-15)20(27)24(19(16)26)14-9-7-12(2)8-10-14/h4-11,18,23H,3H2,1-2H3/t18-/m0/s1. The van der Waals surface area contributed by atoms with Gasteiger partial charge in [-0.25, -0.2) is 9.69 Å². The molecule has 2 heterocycles. The third-order valence-corrected chi connectivity index (χ3v) is 5.01. The second-order valence-electron chi connectivity index (χ2n) is 6.69. The van der Waals surface area contributed by atoms with Crippen molar-refractivity contribution in [1.29, 1.82) is 0 Å². The number of fused-ring (bicyclic) bond motifs is 1. The van der Waals surface area contributed by atoms with Crippen LogP contribution >= 0.6 is 11.6 Å². The van der Waals surface area contributed by atoms with Crippen molar-refractivity contribution in [2.45, 2.75) is 19.9 Å². The molecular weight excluding hydrogens is 394 g/mol. The van der Waals surface area contributed by atoms with Crippen LogP contribution in [0.2, 0.25) is 5.02 Å². The lowest BCUT2D eigenvalue weighted by Gasteiger charge is -2.26. The highest BCUT2D eigenvalue weighted by Crippen LogP contribution is 2.37. The summed E-state index contributed by atoms with van der Waals surface area (Å²) in [5, 5.41) is 1.93. The molecule has 0 bridgehead atoms. The summed E-state index contributed by atoms with van der Waals surface area (Å²) in [4.78, 5) is 40.1. The number of anilines is 2. The average Bonchev–Trinajstić information content (AvgIpc) is 3.21. The van der Waals surface area contributed by atoms with E-state index in [0.29, 0.717) is 16.4 Å². The molecule has 1 fully saturated rings. The minimum atomic E-state index is -0.998. The van der Waals surface area contributed by atoms with Crippen LogP contribution in [-0.4, -0.2) is 30.4 Å². The van der Waals surface area contributed by atoms with Gasteiger partial charge in [-0.1, -0.05) is 35.4 Å². The molecule has 1 saturated heterocycles. The summed E-state index contributed by atoms with van der Waals surface area (Å²) in [7, 11) is 0. The van der Waals surface area contributed by atoms with E-state index in [1.807, 2.05) is 19.1 Å². The first-order valence-corrected chi connectivity index (χ1v) is 9.48. The number of imide groups is 1. The summed E-state index contributed by atoms with van der Waals surface area (Å²) >= 11 is 6.10. The summed E-state index contributed by atoms with van der Waals surface area (Å²) < 4.78 is 5.09. The Kier molecular flexibility index (Phi) is 4.76. The lowest BCUT2D eigenvalue weighted by molar-refractivity contribution is -0.139. The molecule has 0 unspecified atom stereocenters. The van der Waals surface area contributed by atoms with E-state index in [1.165, 1.54) is 5.01 Å². The molecule has 148 valence electrons. The zero-order chi connectivity index (χ0) is 20.7. The van der Waals surface area contributed by atoms with Crippen LogP contribution in [0.1, 0.15) is 12.5 Å². The van der Waals surface area contributed by atoms with Crippen molar-refractivity contribution in [3.05, 3.63) is 70.4 Å². The lowest BCUT2D eigenvalue weighted by Crippen LogP contribution is -2.46. The molecule has 0 spiro atoms. The van der Waals surface area contributed by atoms with Gasteiger partial charge in [0.05, 0.1) is 23.6 Å². The lowest BCUT2D eigenvalue weighted by atomic mass is 10.1. The molecule has 2 aliphatic heterocycles. The van der Waals surface area contributed by atoms with Crippen LogP contribution in [0, 0.1) is 6.92 Å². The number of benzene rings is 2. The van der Waals surface area contributed by atoms with Gasteiger partial charge >= 0.3 is 5.97 Å². The molecule has 0 radical (unpaired) electrons. The van der Waals surface area contributed by atoms with Crippen molar-refractivity contribution < 1.29 is 19.1 Å². The van der Waals surface area contributed by atoms with Crippen molar-refractivity contribution in [2.75, 3.05) is 16.5 Å². The number of rotatable bonds is 4. The molecule has 0 aliphatic carbocycles. The SMILES string of the molecule is CCOC(=O)C1=C2C(=O)N(c3ccc(C)cc3)C(=O)[C@H]2N(c2cccc(Cl)c2)N1. The Morgan fingerprint density at radius 2 is 1.86 bits per heavy atom. The molecule has 0 aromatic heterocycles. The molecule has 2 amide bonds. The molecule has 0 saturated carbocycles. The van der Waals surface area contributed by atoms with Crippen molar-refractivity contribution in [2.24, 2.45) is 0 Å². The Labute approximate surface area is 172 Å². The second kappa shape index (κ2) is 7.25. The number of amides is 2. The Morgan fingerprint density at radius 3 is 2.52 bits per heavy atom. The minimum Gasteiger partial charge on any atom is -0.461 e. The van der Waals surface area contributed by atoms with E-state index in [9.17, 15) is 14.4 Å². The van der Waals surface area contributed by atoms with E-state index >= 15 is 0 Å². The Bertz CT molecular complexity index is 1050. The molecule has 7 nitrogen and oxygen atoms in total. The van der Waals surface area contributed by atoms with Crippen LogP contribution in [0.15, 0.2) is 59.8 Å². The number of hydrogen-bond acceptors (Lipinski definition) is 6. The Balaban J connectivity index is 1.81. The van der Waals surface area contributed by atoms with Gasteiger partial charge in [-0.05, 0) is 44.2 Å². The first-order valence-electron chi connectivity index (χ1n) is 9.10. The number of aryl methyl sites for hydroxylation is 1. The van der Waals surface area contributed by atoms with Crippen molar-refractivity contribution in [3.63, 3.8) is 0 Å². The third kappa shape index (κ3) is 3.13. The number of halogens is 1. The fourth-order valence-corrected chi connectivity index (χ4v) is 3.63. The van der Waals surface area contributed by atoms with Crippen LogP contribution in [0.5, 0.6) is 0 Å². The zero-order valence-corrected chi connectivity index (χ0v) is 16.6. The molecule has 2 aromatic carbocycles. The van der Waals surface area contributed by atoms with Crippen molar-refractivity contribution in [1.82, 2.24) is 5.43 Å². The molecule has 2 aromatic rings. The van der Waals surface area contributed by atoms with Crippen LogP contribution in [0.3, 0.4) is 0 Å². The van der Waals surface area contributed by atoms with Crippen LogP contribution in [-0.2, 0) is 19.1 Å². The van der Waals surface area contributed by atoms with Crippen LogP contribution in [0.4, 0.5) is 11.4 Å². The van der Waals surface area contributed by atoms with Crippen LogP contribution < -0.4 is 15.3 Å². The summed E-state index contributed by atoms with van der Waals surface area (Å²) in [5.41, 5.74) is 4.90. The number of carbonyl (C=O) groups excluding carboxylic acids is 3. The van der Waals surface area contributed by atoms with E-state index in [2.05, 4.69) is 5.43 Å². The molecule has 4 rings (SSSR count). The van der Waals surface area contributed by atoms with Gasteiger partial charge in [-0.15, -0.1) is 0 Å².